The first-order chi connectivity index (χ1) is 8.90. The Morgan fingerprint density at radius 3 is 2.94 bits per heavy atom. The molecule has 2 aromatic rings. The molecule has 0 fully saturated rings. The molecule has 1 N–H and O–H groups in total. The Morgan fingerprint density at radius 2 is 2.17 bits per heavy atom. The van der Waals surface area contributed by atoms with Crippen molar-refractivity contribution in [1.82, 2.24) is 15.0 Å². The zero-order valence-corrected chi connectivity index (χ0v) is 11.2. The topological polar surface area (TPSA) is 74.5 Å². The van der Waals surface area contributed by atoms with Crippen LogP contribution in [0.4, 0.5) is 5.82 Å². The molecule has 0 saturated carbocycles. The van der Waals surface area contributed by atoms with Crippen molar-refractivity contribution in [2.24, 2.45) is 0 Å². The lowest BCUT2D eigenvalue weighted by molar-refractivity contribution is 0.971. The number of nitrogens with one attached hydrogen (secondary N) is 1. The molecular weight excluding hydrogens is 266 g/mol. The van der Waals surface area contributed by atoms with Gasteiger partial charge in [-0.2, -0.15) is 5.26 Å². The quantitative estimate of drug-likeness (QED) is 0.645. The molecule has 0 atom stereocenters. The first kappa shape index (κ1) is 12.8. The maximum atomic E-state index is 8.84. The Labute approximate surface area is 113 Å². The van der Waals surface area contributed by atoms with E-state index < -0.39 is 0 Å². The third kappa shape index (κ3) is 3.68. The number of hydrogen-bond acceptors (Lipinski definition) is 7. The van der Waals surface area contributed by atoms with E-state index in [9.17, 15) is 0 Å². The average Bonchev–Trinajstić information content (AvgIpc) is 2.92. The molecule has 0 unspecified atom stereocenters. The first-order valence-corrected chi connectivity index (χ1v) is 7.24. The molecule has 0 aliphatic heterocycles. The second kappa shape index (κ2) is 6.93. The maximum absolute atomic E-state index is 8.84. The van der Waals surface area contributed by atoms with E-state index in [1.54, 1.807) is 29.3 Å². The highest BCUT2D eigenvalue weighted by Gasteiger charge is 2.02. The molecule has 0 aliphatic rings. The number of aromatic nitrogens is 3. The van der Waals surface area contributed by atoms with Crippen LogP contribution in [0.15, 0.2) is 28.3 Å². The molecule has 5 nitrogen and oxygen atoms in total. The van der Waals surface area contributed by atoms with Crippen LogP contribution < -0.4 is 5.32 Å². The van der Waals surface area contributed by atoms with Gasteiger partial charge in [0.15, 0.2) is 11.5 Å². The molecule has 0 amide bonds. The van der Waals surface area contributed by atoms with Gasteiger partial charge in [-0.1, -0.05) is 11.8 Å². The molecule has 0 bridgehead atoms. The van der Waals surface area contributed by atoms with Crippen molar-refractivity contribution >= 4 is 28.9 Å². The van der Waals surface area contributed by atoms with Crippen LogP contribution in [0.5, 0.6) is 0 Å². The maximum Gasteiger partial charge on any atom is 0.182 e. The molecule has 7 heteroatoms. The number of thiazole rings is 1. The molecule has 2 heterocycles. The highest BCUT2D eigenvalue weighted by molar-refractivity contribution is 8.00. The zero-order valence-electron chi connectivity index (χ0n) is 9.54. The van der Waals surface area contributed by atoms with Crippen molar-refractivity contribution in [2.45, 2.75) is 10.8 Å². The molecule has 0 saturated heterocycles. The Morgan fingerprint density at radius 1 is 1.28 bits per heavy atom. The van der Waals surface area contributed by atoms with E-state index in [0.717, 1.165) is 23.1 Å². The van der Waals surface area contributed by atoms with E-state index in [2.05, 4.69) is 20.3 Å². The number of thioether (sulfide) groups is 1. The van der Waals surface area contributed by atoms with Crippen LogP contribution in [0.3, 0.4) is 0 Å². The van der Waals surface area contributed by atoms with Crippen LogP contribution in [0.1, 0.15) is 12.1 Å². The molecule has 92 valence electrons. The van der Waals surface area contributed by atoms with Gasteiger partial charge in [0.2, 0.25) is 0 Å². The van der Waals surface area contributed by atoms with E-state index in [1.807, 2.05) is 17.6 Å². The fourth-order valence-corrected chi connectivity index (χ4v) is 2.92. The number of nitrogens with zero attached hydrogens (tertiary/aromatic N) is 4. The summed E-state index contributed by atoms with van der Waals surface area (Å²) in [6.45, 7) is 0.770. The monoisotopic (exact) mass is 277 g/mol. The van der Waals surface area contributed by atoms with Crippen LogP contribution in [0, 0.1) is 11.3 Å². The van der Waals surface area contributed by atoms with Crippen molar-refractivity contribution in [1.29, 1.82) is 5.26 Å². The van der Waals surface area contributed by atoms with E-state index in [1.165, 1.54) is 6.20 Å². The lowest BCUT2D eigenvalue weighted by Crippen LogP contribution is -2.06. The van der Waals surface area contributed by atoms with Crippen molar-refractivity contribution in [3.05, 3.63) is 29.7 Å². The van der Waals surface area contributed by atoms with E-state index >= 15 is 0 Å². The molecule has 0 aliphatic carbocycles. The molecule has 2 rings (SSSR count). The molecule has 0 spiro atoms. The summed E-state index contributed by atoms with van der Waals surface area (Å²) in [7, 11) is 0. The van der Waals surface area contributed by atoms with Crippen LogP contribution in [-0.4, -0.2) is 27.2 Å². The summed E-state index contributed by atoms with van der Waals surface area (Å²) < 4.78 is 1.09. The third-order valence-corrected chi connectivity index (χ3v) is 4.11. The third-order valence-electron chi connectivity index (χ3n) is 2.05. The summed E-state index contributed by atoms with van der Waals surface area (Å²) in [6, 6.07) is 2.01. The van der Waals surface area contributed by atoms with E-state index in [0.29, 0.717) is 11.5 Å². The molecule has 18 heavy (non-hydrogen) atoms. The summed E-state index contributed by atoms with van der Waals surface area (Å²) in [5.41, 5.74) is 0.338. The highest BCUT2D eigenvalue weighted by Crippen LogP contribution is 2.20. The van der Waals surface area contributed by atoms with E-state index in [4.69, 9.17) is 5.26 Å². The minimum atomic E-state index is 0.338. The largest absolute Gasteiger partial charge is 0.368 e. The summed E-state index contributed by atoms with van der Waals surface area (Å²) in [4.78, 5) is 12.2. The predicted octanol–water partition coefficient (Wildman–Crippen LogP) is 2.40. The van der Waals surface area contributed by atoms with Crippen molar-refractivity contribution in [2.75, 3.05) is 17.6 Å². The van der Waals surface area contributed by atoms with Gasteiger partial charge in [-0.25, -0.2) is 15.0 Å². The molecular formula is C11H11N5S2. The van der Waals surface area contributed by atoms with Gasteiger partial charge in [0, 0.05) is 36.3 Å². The Bertz CT molecular complexity index is 520. The standard InChI is InChI=1S/C11H11N5S2/c12-8-9-10(15-4-3-13-9)14-2-1-6-17-11-16-5-7-18-11/h3-5,7H,1-2,6H2,(H,14,15). The van der Waals surface area contributed by atoms with Gasteiger partial charge in [-0.3, -0.25) is 0 Å². The van der Waals surface area contributed by atoms with Gasteiger partial charge in [0.05, 0.1) is 0 Å². The van der Waals surface area contributed by atoms with Crippen molar-refractivity contribution < 1.29 is 0 Å². The van der Waals surface area contributed by atoms with Crippen LogP contribution in [0.25, 0.3) is 0 Å². The lowest BCUT2D eigenvalue weighted by atomic mass is 10.4. The number of hydrogen-bond donors (Lipinski definition) is 1. The Kier molecular flexibility index (Phi) is 4.93. The van der Waals surface area contributed by atoms with E-state index in [-0.39, 0.29) is 0 Å². The predicted molar refractivity (Wildman–Crippen MR) is 72.7 cm³/mol. The zero-order chi connectivity index (χ0) is 12.6. The van der Waals surface area contributed by atoms with Crippen LogP contribution in [-0.2, 0) is 0 Å². The van der Waals surface area contributed by atoms with Gasteiger partial charge in [0.1, 0.15) is 10.4 Å². The summed E-state index contributed by atoms with van der Waals surface area (Å²) in [6.07, 6.45) is 5.88. The number of anilines is 1. The Hall–Kier alpha value is -1.65. The van der Waals surface area contributed by atoms with Gasteiger partial charge in [0.25, 0.3) is 0 Å². The fourth-order valence-electron chi connectivity index (χ4n) is 1.27. The van der Waals surface area contributed by atoms with Crippen LogP contribution in [0.2, 0.25) is 0 Å². The second-order valence-electron chi connectivity index (χ2n) is 3.29. The minimum Gasteiger partial charge on any atom is -0.368 e. The summed E-state index contributed by atoms with van der Waals surface area (Å²) in [5, 5.41) is 13.9. The van der Waals surface area contributed by atoms with Gasteiger partial charge in [-0.15, -0.1) is 11.3 Å². The van der Waals surface area contributed by atoms with Gasteiger partial charge >= 0.3 is 0 Å². The average molecular weight is 277 g/mol. The van der Waals surface area contributed by atoms with Crippen molar-refractivity contribution in [3.63, 3.8) is 0 Å². The fraction of sp³-hybridized carbons (Fsp3) is 0.273. The number of rotatable bonds is 6. The second-order valence-corrected chi connectivity index (χ2v) is 5.53. The highest BCUT2D eigenvalue weighted by atomic mass is 32.2. The molecule has 0 aromatic carbocycles. The molecule has 2 aromatic heterocycles. The lowest BCUT2D eigenvalue weighted by Gasteiger charge is -2.05. The normalized spacial score (nSPS) is 9.94. The smallest absolute Gasteiger partial charge is 0.182 e. The number of nitriles is 1. The minimum absolute atomic E-state index is 0.338. The first-order valence-electron chi connectivity index (χ1n) is 5.37. The van der Waals surface area contributed by atoms with Gasteiger partial charge in [-0.05, 0) is 6.42 Å². The van der Waals surface area contributed by atoms with Crippen molar-refractivity contribution in [3.8, 4) is 6.07 Å². The summed E-state index contributed by atoms with van der Waals surface area (Å²) >= 11 is 3.39. The Balaban J connectivity index is 1.71. The van der Waals surface area contributed by atoms with Crippen LogP contribution >= 0.6 is 23.1 Å². The molecule has 0 radical (unpaired) electrons. The van der Waals surface area contributed by atoms with Gasteiger partial charge < -0.3 is 5.32 Å². The SMILES string of the molecule is N#Cc1nccnc1NCCCSc1nccs1. The summed E-state index contributed by atoms with van der Waals surface area (Å²) in [5.74, 6) is 1.54.